The number of rotatable bonds is 3. The van der Waals surface area contributed by atoms with Crippen LogP contribution in [0.1, 0.15) is 22.6 Å². The van der Waals surface area contributed by atoms with Crippen molar-refractivity contribution in [1.82, 2.24) is 14.5 Å². The lowest BCUT2D eigenvalue weighted by molar-refractivity contribution is 0.102. The lowest BCUT2D eigenvalue weighted by Gasteiger charge is -2.09. The number of carbonyl (C=O) groups is 1. The number of fused-ring (bicyclic) bond motifs is 1. The predicted octanol–water partition coefficient (Wildman–Crippen LogP) is 3.14. The minimum absolute atomic E-state index is 0.136. The van der Waals surface area contributed by atoms with Crippen molar-refractivity contribution in [1.29, 1.82) is 0 Å². The number of anilines is 1. The zero-order valence-electron chi connectivity index (χ0n) is 12.6. The third-order valence-corrected chi connectivity index (χ3v) is 4.08. The average molecular weight is 304 g/mol. The van der Waals surface area contributed by atoms with E-state index in [9.17, 15) is 4.79 Å². The van der Waals surface area contributed by atoms with Crippen LogP contribution in [0.3, 0.4) is 0 Å². The molecule has 0 aliphatic carbocycles. The molecule has 1 amide bonds. The van der Waals surface area contributed by atoms with Gasteiger partial charge in [0, 0.05) is 42.2 Å². The molecule has 0 atom stereocenters. The summed E-state index contributed by atoms with van der Waals surface area (Å²) in [6.07, 6.45) is 7.33. The molecule has 1 aliphatic heterocycles. The lowest BCUT2D eigenvalue weighted by Crippen LogP contribution is -2.11. The van der Waals surface area contributed by atoms with Gasteiger partial charge in [-0.15, -0.1) is 0 Å². The van der Waals surface area contributed by atoms with Crippen LogP contribution in [-0.2, 0) is 13.0 Å². The molecular weight excluding hydrogens is 288 g/mol. The van der Waals surface area contributed by atoms with E-state index >= 15 is 0 Å². The van der Waals surface area contributed by atoms with Gasteiger partial charge >= 0.3 is 0 Å². The lowest BCUT2D eigenvalue weighted by atomic mass is 10.1. The van der Waals surface area contributed by atoms with Gasteiger partial charge in [0.2, 0.25) is 0 Å². The number of aromatic nitrogens is 3. The van der Waals surface area contributed by atoms with E-state index in [1.54, 1.807) is 24.5 Å². The maximum Gasteiger partial charge on any atom is 0.255 e. The SMILES string of the molecule is O=C(Nc1cccc(-c2cnc3n2CCC3)c1)c1ccncc1. The fourth-order valence-corrected chi connectivity index (χ4v) is 2.95. The van der Waals surface area contributed by atoms with Gasteiger partial charge in [-0.2, -0.15) is 0 Å². The Bertz CT molecular complexity index is 854. The van der Waals surface area contributed by atoms with Crippen molar-refractivity contribution >= 4 is 11.6 Å². The van der Waals surface area contributed by atoms with Crippen molar-refractivity contribution in [3.8, 4) is 11.3 Å². The van der Waals surface area contributed by atoms with Gasteiger partial charge in [-0.05, 0) is 30.7 Å². The summed E-state index contributed by atoms with van der Waals surface area (Å²) in [6, 6.07) is 11.3. The van der Waals surface area contributed by atoms with E-state index in [1.165, 1.54) is 0 Å². The number of amides is 1. The molecule has 23 heavy (non-hydrogen) atoms. The first kappa shape index (κ1) is 13.7. The highest BCUT2D eigenvalue weighted by atomic mass is 16.1. The summed E-state index contributed by atoms with van der Waals surface area (Å²) in [7, 11) is 0. The van der Waals surface area contributed by atoms with Crippen LogP contribution in [0.4, 0.5) is 5.69 Å². The van der Waals surface area contributed by atoms with Crippen LogP contribution in [0.25, 0.3) is 11.3 Å². The maximum absolute atomic E-state index is 12.2. The van der Waals surface area contributed by atoms with E-state index in [2.05, 4.69) is 19.9 Å². The summed E-state index contributed by atoms with van der Waals surface area (Å²) < 4.78 is 2.25. The molecular formula is C18H16N4O. The Morgan fingerprint density at radius 2 is 2.04 bits per heavy atom. The Hall–Kier alpha value is -2.95. The fourth-order valence-electron chi connectivity index (χ4n) is 2.95. The second-order valence-corrected chi connectivity index (χ2v) is 5.59. The number of nitrogens with zero attached hydrogens (tertiary/aromatic N) is 3. The molecule has 0 bridgehead atoms. The van der Waals surface area contributed by atoms with Gasteiger partial charge in [0.15, 0.2) is 0 Å². The van der Waals surface area contributed by atoms with Crippen LogP contribution in [-0.4, -0.2) is 20.4 Å². The van der Waals surface area contributed by atoms with E-state index in [0.29, 0.717) is 5.56 Å². The van der Waals surface area contributed by atoms with Gasteiger partial charge in [-0.3, -0.25) is 9.78 Å². The smallest absolute Gasteiger partial charge is 0.255 e. The first-order valence-electron chi connectivity index (χ1n) is 7.67. The minimum atomic E-state index is -0.136. The van der Waals surface area contributed by atoms with Crippen molar-refractivity contribution in [2.45, 2.75) is 19.4 Å². The number of nitrogens with one attached hydrogen (secondary N) is 1. The molecule has 2 aromatic heterocycles. The molecule has 1 aliphatic rings. The van der Waals surface area contributed by atoms with E-state index in [0.717, 1.165) is 42.2 Å². The molecule has 0 saturated carbocycles. The summed E-state index contributed by atoms with van der Waals surface area (Å²) in [6.45, 7) is 1.01. The molecule has 4 rings (SSSR count). The first-order valence-corrected chi connectivity index (χ1v) is 7.67. The quantitative estimate of drug-likeness (QED) is 0.808. The molecule has 3 heterocycles. The van der Waals surface area contributed by atoms with Gasteiger partial charge < -0.3 is 9.88 Å². The van der Waals surface area contributed by atoms with Crippen LogP contribution in [0.2, 0.25) is 0 Å². The van der Waals surface area contributed by atoms with E-state index in [4.69, 9.17) is 0 Å². The average Bonchev–Trinajstić information content (AvgIpc) is 3.19. The second kappa shape index (κ2) is 5.68. The van der Waals surface area contributed by atoms with Crippen molar-refractivity contribution in [3.05, 3.63) is 66.4 Å². The van der Waals surface area contributed by atoms with Crippen LogP contribution in [0.15, 0.2) is 55.0 Å². The molecule has 5 nitrogen and oxygen atoms in total. The first-order chi connectivity index (χ1) is 11.3. The third kappa shape index (κ3) is 2.61. The molecule has 1 N–H and O–H groups in total. The molecule has 0 unspecified atom stereocenters. The van der Waals surface area contributed by atoms with E-state index in [1.807, 2.05) is 30.5 Å². The van der Waals surface area contributed by atoms with Crippen LogP contribution >= 0.6 is 0 Å². The molecule has 0 fully saturated rings. The Morgan fingerprint density at radius 1 is 1.17 bits per heavy atom. The molecule has 1 aromatic carbocycles. The number of benzene rings is 1. The molecule has 0 spiro atoms. The van der Waals surface area contributed by atoms with Gasteiger partial charge in [0.05, 0.1) is 11.9 Å². The van der Waals surface area contributed by atoms with E-state index < -0.39 is 0 Å². The van der Waals surface area contributed by atoms with Gasteiger partial charge in [-0.1, -0.05) is 12.1 Å². The zero-order chi connectivity index (χ0) is 15.6. The molecule has 0 saturated heterocycles. The number of imidazole rings is 1. The summed E-state index contributed by atoms with van der Waals surface area (Å²) in [5.41, 5.74) is 3.55. The highest BCUT2D eigenvalue weighted by molar-refractivity contribution is 6.04. The highest BCUT2D eigenvalue weighted by Crippen LogP contribution is 2.27. The highest BCUT2D eigenvalue weighted by Gasteiger charge is 2.16. The number of hydrogen-bond acceptors (Lipinski definition) is 3. The normalized spacial score (nSPS) is 12.9. The van der Waals surface area contributed by atoms with Crippen molar-refractivity contribution in [3.63, 3.8) is 0 Å². The molecule has 5 heteroatoms. The summed E-state index contributed by atoms with van der Waals surface area (Å²) in [5, 5.41) is 2.93. The summed E-state index contributed by atoms with van der Waals surface area (Å²) in [5.74, 6) is 1.01. The summed E-state index contributed by atoms with van der Waals surface area (Å²) >= 11 is 0. The number of carbonyl (C=O) groups excluding carboxylic acids is 1. The van der Waals surface area contributed by atoms with E-state index in [-0.39, 0.29) is 5.91 Å². The Kier molecular flexibility index (Phi) is 3.38. The summed E-state index contributed by atoms with van der Waals surface area (Å²) in [4.78, 5) is 20.6. The predicted molar refractivity (Wildman–Crippen MR) is 88.2 cm³/mol. The van der Waals surface area contributed by atoms with Crippen LogP contribution in [0.5, 0.6) is 0 Å². The number of aryl methyl sites for hydroxylation is 1. The second-order valence-electron chi connectivity index (χ2n) is 5.59. The third-order valence-electron chi connectivity index (χ3n) is 4.08. The monoisotopic (exact) mass is 304 g/mol. The standard InChI is InChI=1S/C18H16N4O/c23-18(13-6-8-19-9-7-13)21-15-4-1-3-14(11-15)16-12-20-17-5-2-10-22(16)17/h1,3-4,6-9,11-12H,2,5,10H2,(H,21,23). The number of hydrogen-bond donors (Lipinski definition) is 1. The Labute approximate surface area is 134 Å². The largest absolute Gasteiger partial charge is 0.328 e. The molecule has 3 aromatic rings. The minimum Gasteiger partial charge on any atom is -0.328 e. The van der Waals surface area contributed by atoms with Crippen LogP contribution in [0, 0.1) is 0 Å². The zero-order valence-corrected chi connectivity index (χ0v) is 12.6. The van der Waals surface area contributed by atoms with Gasteiger partial charge in [-0.25, -0.2) is 4.98 Å². The number of pyridine rings is 1. The van der Waals surface area contributed by atoms with Crippen molar-refractivity contribution < 1.29 is 4.79 Å². The van der Waals surface area contributed by atoms with Gasteiger partial charge in [0.25, 0.3) is 5.91 Å². The Morgan fingerprint density at radius 3 is 2.91 bits per heavy atom. The van der Waals surface area contributed by atoms with Gasteiger partial charge in [0.1, 0.15) is 5.82 Å². The topological polar surface area (TPSA) is 59.8 Å². The Balaban J connectivity index is 1.60. The van der Waals surface area contributed by atoms with Crippen molar-refractivity contribution in [2.24, 2.45) is 0 Å². The molecule has 0 radical (unpaired) electrons. The van der Waals surface area contributed by atoms with Crippen LogP contribution < -0.4 is 5.32 Å². The fraction of sp³-hybridized carbons (Fsp3) is 0.167. The molecule has 114 valence electrons. The maximum atomic E-state index is 12.2. The van der Waals surface area contributed by atoms with Crippen molar-refractivity contribution in [2.75, 3.05) is 5.32 Å².